The van der Waals surface area contributed by atoms with Crippen LogP contribution in [0.25, 0.3) is 0 Å². The molecule has 0 aromatic heterocycles. The summed E-state index contributed by atoms with van der Waals surface area (Å²) in [6.07, 6.45) is -16.2. The first-order valence-electron chi connectivity index (χ1n) is 11.0. The number of rotatable bonds is 8. The molecule has 3 amide bonds. The molecule has 4 N–H and O–H groups in total. The molecule has 0 aliphatic carbocycles. The van der Waals surface area contributed by atoms with Crippen LogP contribution < -0.4 is 16.4 Å². The van der Waals surface area contributed by atoms with E-state index in [4.69, 9.17) is 5.73 Å². The number of fused-ring (bicyclic) bond motifs is 1. The minimum atomic E-state index is -5.02. The third kappa shape index (κ3) is 7.54. The van der Waals surface area contributed by atoms with Gasteiger partial charge in [0.25, 0.3) is 5.91 Å². The lowest BCUT2D eigenvalue weighted by Gasteiger charge is -2.26. The normalized spacial score (nSPS) is 17.5. The maximum atomic E-state index is 13.3. The van der Waals surface area contributed by atoms with Gasteiger partial charge in [-0.15, -0.1) is 0 Å². The van der Waals surface area contributed by atoms with Gasteiger partial charge in [0, 0.05) is 23.5 Å². The van der Waals surface area contributed by atoms with E-state index in [0.717, 1.165) is 0 Å². The van der Waals surface area contributed by atoms with Crippen LogP contribution in [0.4, 0.5) is 32.0 Å². The zero-order valence-electron chi connectivity index (χ0n) is 19.1. The van der Waals surface area contributed by atoms with Gasteiger partial charge in [-0.05, 0) is 12.5 Å². The van der Waals surface area contributed by atoms with Gasteiger partial charge in [0.2, 0.25) is 18.0 Å². The molecule has 2 aromatic rings. The molecular weight excluding hydrogens is 506 g/mol. The van der Waals surface area contributed by atoms with Crippen molar-refractivity contribution in [3.05, 3.63) is 65.7 Å². The van der Waals surface area contributed by atoms with Gasteiger partial charge in [0.05, 0.1) is 23.7 Å². The Labute approximate surface area is 207 Å². The fraction of sp³-hybridized carbons (Fsp3) is 0.333. The number of nitrogens with zero attached hydrogens (tertiary/aromatic N) is 1. The average Bonchev–Trinajstić information content (AvgIpc) is 2.93. The van der Waals surface area contributed by atoms with Crippen molar-refractivity contribution in [1.82, 2.24) is 5.32 Å². The van der Waals surface area contributed by atoms with Crippen molar-refractivity contribution in [2.45, 2.75) is 37.8 Å². The Kier molecular flexibility index (Phi) is 8.24. The van der Waals surface area contributed by atoms with Gasteiger partial charge in [-0.2, -0.15) is 26.3 Å². The van der Waals surface area contributed by atoms with Crippen molar-refractivity contribution in [2.24, 2.45) is 22.6 Å². The fourth-order valence-electron chi connectivity index (χ4n) is 3.95. The van der Waals surface area contributed by atoms with E-state index in [9.17, 15) is 40.7 Å². The summed E-state index contributed by atoms with van der Waals surface area (Å²) < 4.78 is 78.1. The van der Waals surface area contributed by atoms with Crippen molar-refractivity contribution in [3.8, 4) is 0 Å². The number of benzodiazepines with no additional fused rings is 1. The third-order valence-electron chi connectivity index (χ3n) is 5.65. The van der Waals surface area contributed by atoms with Crippen LogP contribution in [0.3, 0.4) is 0 Å². The first-order valence-corrected chi connectivity index (χ1v) is 11.0. The summed E-state index contributed by atoms with van der Waals surface area (Å²) >= 11 is 0. The Morgan fingerprint density at radius 1 is 0.946 bits per heavy atom. The van der Waals surface area contributed by atoms with E-state index in [-0.39, 0.29) is 5.71 Å². The number of nitrogens with one attached hydrogen (secondary N) is 2. The lowest BCUT2D eigenvalue weighted by atomic mass is 9.84. The monoisotopic (exact) mass is 528 g/mol. The minimum Gasteiger partial charge on any atom is -0.369 e. The van der Waals surface area contributed by atoms with Gasteiger partial charge in [0.15, 0.2) is 0 Å². The highest BCUT2D eigenvalue weighted by atomic mass is 19.4. The largest absolute Gasteiger partial charge is 0.389 e. The van der Waals surface area contributed by atoms with Gasteiger partial charge < -0.3 is 16.4 Å². The Bertz CT molecular complexity index is 1180. The molecule has 3 atom stereocenters. The molecule has 3 unspecified atom stereocenters. The van der Waals surface area contributed by atoms with E-state index in [1.807, 2.05) is 0 Å². The van der Waals surface area contributed by atoms with Crippen LogP contribution in [0.15, 0.2) is 59.6 Å². The van der Waals surface area contributed by atoms with Crippen LogP contribution in [0, 0.1) is 11.8 Å². The standard InChI is InChI=1S/C24H22F6N4O3/c25-23(26,27)11-10-14(19(31)35)16(12-24(28,29)30)21(36)34-20-22(37)32-17-9-5-4-8-15(17)18(33-20)13-6-2-1-3-7-13/h1-9,14,16,20H,10-12H2,(H2,31,35)(H,32,37)(H,34,36). The predicted molar refractivity (Wildman–Crippen MR) is 121 cm³/mol. The summed E-state index contributed by atoms with van der Waals surface area (Å²) in [6, 6.07) is 14.9. The summed E-state index contributed by atoms with van der Waals surface area (Å²) in [7, 11) is 0. The van der Waals surface area contributed by atoms with Gasteiger partial charge in [-0.25, -0.2) is 4.99 Å². The van der Waals surface area contributed by atoms with E-state index in [1.54, 1.807) is 54.6 Å². The number of anilines is 1. The topological polar surface area (TPSA) is 114 Å². The highest BCUT2D eigenvalue weighted by Crippen LogP contribution is 2.34. The number of halogens is 6. The van der Waals surface area contributed by atoms with E-state index in [1.165, 1.54) is 0 Å². The molecule has 0 radical (unpaired) electrons. The van der Waals surface area contributed by atoms with E-state index < -0.39 is 67.3 Å². The smallest absolute Gasteiger partial charge is 0.369 e. The van der Waals surface area contributed by atoms with Crippen LogP contribution in [-0.4, -0.2) is 42.0 Å². The van der Waals surface area contributed by atoms with Crippen molar-refractivity contribution >= 4 is 29.1 Å². The highest BCUT2D eigenvalue weighted by Gasteiger charge is 2.44. The van der Waals surface area contributed by atoms with E-state index in [0.29, 0.717) is 16.8 Å². The van der Waals surface area contributed by atoms with Gasteiger partial charge >= 0.3 is 12.4 Å². The molecule has 1 aliphatic rings. The van der Waals surface area contributed by atoms with Crippen molar-refractivity contribution < 1.29 is 40.7 Å². The first kappa shape index (κ1) is 27.7. The number of hydrogen-bond donors (Lipinski definition) is 3. The SMILES string of the molecule is NC(=O)C(CCC(F)(F)F)C(CC(F)(F)F)C(=O)NC1N=C(c2ccccc2)c2ccccc2NC1=O. The molecule has 198 valence electrons. The number of aliphatic imine (C=N–C) groups is 1. The Morgan fingerprint density at radius 2 is 1.57 bits per heavy atom. The number of primary amides is 1. The number of benzene rings is 2. The molecule has 0 saturated carbocycles. The molecule has 0 fully saturated rings. The first-order chi connectivity index (χ1) is 17.2. The van der Waals surface area contributed by atoms with Crippen LogP contribution in [0.2, 0.25) is 0 Å². The lowest BCUT2D eigenvalue weighted by molar-refractivity contribution is -0.164. The zero-order valence-corrected chi connectivity index (χ0v) is 19.1. The maximum Gasteiger partial charge on any atom is 0.389 e. The molecule has 1 heterocycles. The molecule has 2 aromatic carbocycles. The lowest BCUT2D eigenvalue weighted by Crippen LogP contribution is -2.49. The molecule has 0 saturated heterocycles. The summed E-state index contributed by atoms with van der Waals surface area (Å²) in [5.41, 5.74) is 6.64. The van der Waals surface area contributed by atoms with Gasteiger partial charge in [0.1, 0.15) is 0 Å². The van der Waals surface area contributed by atoms with Crippen molar-refractivity contribution in [2.75, 3.05) is 5.32 Å². The number of nitrogens with two attached hydrogens (primary N) is 1. The van der Waals surface area contributed by atoms with Crippen LogP contribution in [0.1, 0.15) is 30.4 Å². The maximum absolute atomic E-state index is 13.3. The van der Waals surface area contributed by atoms with Gasteiger partial charge in [-0.1, -0.05) is 48.5 Å². The number of amides is 3. The molecule has 37 heavy (non-hydrogen) atoms. The molecular formula is C24H22F6N4O3. The second-order valence-electron chi connectivity index (χ2n) is 8.38. The second-order valence-corrected chi connectivity index (χ2v) is 8.38. The predicted octanol–water partition coefficient (Wildman–Crippen LogP) is 3.93. The van der Waals surface area contributed by atoms with Crippen LogP contribution in [0.5, 0.6) is 0 Å². The number of carbonyl (C=O) groups excluding carboxylic acids is 3. The molecule has 1 aliphatic heterocycles. The van der Waals surface area contributed by atoms with E-state index >= 15 is 0 Å². The molecule has 7 nitrogen and oxygen atoms in total. The highest BCUT2D eigenvalue weighted by molar-refractivity contribution is 6.19. The third-order valence-corrected chi connectivity index (χ3v) is 5.65. The minimum absolute atomic E-state index is 0.232. The zero-order chi connectivity index (χ0) is 27.4. The average molecular weight is 528 g/mol. The molecule has 13 heteroatoms. The van der Waals surface area contributed by atoms with Crippen molar-refractivity contribution in [1.29, 1.82) is 0 Å². The Balaban J connectivity index is 1.98. The number of para-hydroxylation sites is 1. The second kappa shape index (κ2) is 11.0. The van der Waals surface area contributed by atoms with E-state index in [2.05, 4.69) is 15.6 Å². The number of carbonyl (C=O) groups is 3. The molecule has 0 spiro atoms. The Hall–Kier alpha value is -3.90. The molecule has 3 rings (SSSR count). The fourth-order valence-corrected chi connectivity index (χ4v) is 3.95. The summed E-state index contributed by atoms with van der Waals surface area (Å²) in [4.78, 5) is 42.0. The van der Waals surface area contributed by atoms with Gasteiger partial charge in [-0.3, -0.25) is 14.4 Å². The van der Waals surface area contributed by atoms with Crippen molar-refractivity contribution in [3.63, 3.8) is 0 Å². The van der Waals surface area contributed by atoms with Crippen LogP contribution >= 0.6 is 0 Å². The molecule has 0 bridgehead atoms. The summed E-state index contributed by atoms with van der Waals surface area (Å²) in [6.45, 7) is 0. The summed E-state index contributed by atoms with van der Waals surface area (Å²) in [5.74, 6) is -8.28. The number of alkyl halides is 6. The van der Waals surface area contributed by atoms with Crippen LogP contribution in [-0.2, 0) is 14.4 Å². The Morgan fingerprint density at radius 3 is 2.16 bits per heavy atom. The summed E-state index contributed by atoms with van der Waals surface area (Å²) in [5, 5.41) is 4.60. The quantitative estimate of drug-likeness (QED) is 0.451. The number of hydrogen-bond acceptors (Lipinski definition) is 4.